The van der Waals surface area contributed by atoms with E-state index in [1.807, 2.05) is 13.8 Å². The molecule has 31 heavy (non-hydrogen) atoms. The third-order valence-corrected chi connectivity index (χ3v) is 4.63. The van der Waals surface area contributed by atoms with Gasteiger partial charge in [0.05, 0.1) is 7.11 Å². The van der Waals surface area contributed by atoms with Gasteiger partial charge in [0.1, 0.15) is 17.5 Å². The number of hydrogen-bond acceptors (Lipinski definition) is 5. The number of rotatable bonds is 10. The van der Waals surface area contributed by atoms with Gasteiger partial charge in [-0.2, -0.15) is 0 Å². The Morgan fingerprint density at radius 3 is 2.23 bits per heavy atom. The zero-order chi connectivity index (χ0) is 22.8. The van der Waals surface area contributed by atoms with Gasteiger partial charge < -0.3 is 25.8 Å². The van der Waals surface area contributed by atoms with E-state index in [-0.39, 0.29) is 29.4 Å². The molecule has 1 atom stereocenters. The van der Waals surface area contributed by atoms with Gasteiger partial charge in [-0.1, -0.05) is 19.9 Å². The van der Waals surface area contributed by atoms with Gasteiger partial charge >= 0.3 is 0 Å². The molecule has 0 saturated carbocycles. The van der Waals surface area contributed by atoms with Gasteiger partial charge in [-0.25, -0.2) is 0 Å². The average molecular weight is 428 g/mol. The molecule has 0 aliphatic carbocycles. The minimum atomic E-state index is -0.684. The van der Waals surface area contributed by atoms with Crippen molar-refractivity contribution < 1.29 is 24.2 Å². The first-order valence-corrected chi connectivity index (χ1v) is 10.1. The molecule has 0 fully saturated rings. The number of amides is 3. The number of benzene rings is 2. The summed E-state index contributed by atoms with van der Waals surface area (Å²) in [6.07, 6.45) is 0.521. The highest BCUT2D eigenvalue weighted by molar-refractivity contribution is 5.97. The molecule has 3 amide bonds. The first-order chi connectivity index (χ1) is 14.8. The molecule has 2 rings (SSSR count). The van der Waals surface area contributed by atoms with E-state index in [2.05, 4.69) is 16.0 Å². The Bertz CT molecular complexity index is 896. The Hall–Kier alpha value is -3.55. The van der Waals surface area contributed by atoms with Gasteiger partial charge in [-0.15, -0.1) is 0 Å². The Morgan fingerprint density at radius 1 is 0.935 bits per heavy atom. The molecule has 0 aliphatic rings. The second-order valence-electron chi connectivity index (χ2n) is 7.37. The fourth-order valence-electron chi connectivity index (χ4n) is 2.86. The molecule has 0 radical (unpaired) electrons. The number of methoxy groups -OCH3 is 1. The minimum absolute atomic E-state index is 0.0244. The number of nitrogens with one attached hydrogen (secondary N) is 3. The van der Waals surface area contributed by atoms with Gasteiger partial charge in [-0.3, -0.25) is 14.4 Å². The molecule has 1 unspecified atom stereocenters. The highest BCUT2D eigenvalue weighted by Gasteiger charge is 2.24. The second kappa shape index (κ2) is 11.6. The fourth-order valence-corrected chi connectivity index (χ4v) is 2.86. The lowest BCUT2D eigenvalue weighted by Gasteiger charge is -2.22. The van der Waals surface area contributed by atoms with Crippen molar-refractivity contribution in [3.8, 4) is 11.5 Å². The SMILES string of the molecule is COc1ccc(C(=O)NC(C(=O)NCCCNC(=O)c2cccc(O)c2)C(C)C)cc1. The predicted octanol–water partition coefficient (Wildman–Crippen LogP) is 2.09. The maximum atomic E-state index is 12.5. The maximum absolute atomic E-state index is 12.5. The predicted molar refractivity (Wildman–Crippen MR) is 117 cm³/mol. The monoisotopic (exact) mass is 427 g/mol. The summed E-state index contributed by atoms with van der Waals surface area (Å²) in [7, 11) is 1.55. The molecule has 0 heterocycles. The van der Waals surface area contributed by atoms with Crippen LogP contribution in [0, 0.1) is 5.92 Å². The van der Waals surface area contributed by atoms with E-state index in [0.29, 0.717) is 36.4 Å². The van der Waals surface area contributed by atoms with Crippen molar-refractivity contribution in [1.82, 2.24) is 16.0 Å². The summed E-state index contributed by atoms with van der Waals surface area (Å²) in [6, 6.07) is 12.0. The molecule has 8 nitrogen and oxygen atoms in total. The molecule has 4 N–H and O–H groups in total. The first-order valence-electron chi connectivity index (χ1n) is 10.1. The third-order valence-electron chi connectivity index (χ3n) is 4.63. The third kappa shape index (κ3) is 7.33. The van der Waals surface area contributed by atoms with Crippen molar-refractivity contribution in [2.24, 2.45) is 5.92 Å². The number of carbonyl (C=O) groups is 3. The Labute approximate surface area is 182 Å². The van der Waals surface area contributed by atoms with Crippen LogP contribution in [0.2, 0.25) is 0 Å². The lowest BCUT2D eigenvalue weighted by Crippen LogP contribution is -2.50. The van der Waals surface area contributed by atoms with Crippen LogP contribution in [0.1, 0.15) is 41.0 Å². The van der Waals surface area contributed by atoms with E-state index in [0.717, 1.165) is 0 Å². The van der Waals surface area contributed by atoms with Crippen molar-refractivity contribution in [1.29, 1.82) is 0 Å². The molecule has 0 aromatic heterocycles. The number of phenols is 1. The van der Waals surface area contributed by atoms with Crippen LogP contribution in [0.15, 0.2) is 48.5 Å². The van der Waals surface area contributed by atoms with Crippen molar-refractivity contribution in [3.63, 3.8) is 0 Å². The van der Waals surface area contributed by atoms with Crippen LogP contribution in [0.5, 0.6) is 11.5 Å². The van der Waals surface area contributed by atoms with Crippen LogP contribution in [-0.2, 0) is 4.79 Å². The quantitative estimate of drug-likeness (QED) is 0.433. The molecule has 2 aromatic rings. The van der Waals surface area contributed by atoms with Gasteiger partial charge in [0.15, 0.2) is 0 Å². The van der Waals surface area contributed by atoms with Crippen LogP contribution >= 0.6 is 0 Å². The summed E-state index contributed by atoms with van der Waals surface area (Å²) in [5, 5.41) is 17.7. The van der Waals surface area contributed by atoms with Gasteiger partial charge in [-0.05, 0) is 54.8 Å². The Kier molecular flexibility index (Phi) is 8.87. The average Bonchev–Trinajstić information content (AvgIpc) is 2.76. The number of aromatic hydroxyl groups is 1. The van der Waals surface area contributed by atoms with Crippen LogP contribution in [0.4, 0.5) is 0 Å². The summed E-state index contributed by atoms with van der Waals surface area (Å²) in [5.74, 6) is -0.352. The van der Waals surface area contributed by atoms with Crippen LogP contribution in [0.25, 0.3) is 0 Å². The molecular formula is C23H29N3O5. The topological polar surface area (TPSA) is 117 Å². The van der Waals surface area contributed by atoms with Crippen molar-refractivity contribution in [2.45, 2.75) is 26.3 Å². The van der Waals surface area contributed by atoms with Crippen LogP contribution in [-0.4, -0.2) is 49.1 Å². The lowest BCUT2D eigenvalue weighted by molar-refractivity contribution is -0.123. The van der Waals surface area contributed by atoms with E-state index in [9.17, 15) is 19.5 Å². The summed E-state index contributed by atoms with van der Waals surface area (Å²) < 4.78 is 5.08. The molecular weight excluding hydrogens is 398 g/mol. The molecule has 2 aromatic carbocycles. The van der Waals surface area contributed by atoms with E-state index in [1.54, 1.807) is 43.5 Å². The molecule has 0 bridgehead atoms. The summed E-state index contributed by atoms with van der Waals surface area (Å²) in [5.41, 5.74) is 0.805. The van der Waals surface area contributed by atoms with Gasteiger partial charge in [0.2, 0.25) is 5.91 Å². The summed E-state index contributed by atoms with van der Waals surface area (Å²) in [4.78, 5) is 37.0. The summed E-state index contributed by atoms with van der Waals surface area (Å²) in [6.45, 7) is 4.42. The van der Waals surface area contributed by atoms with Gasteiger partial charge in [0, 0.05) is 24.2 Å². The van der Waals surface area contributed by atoms with Crippen molar-refractivity contribution in [3.05, 3.63) is 59.7 Å². The largest absolute Gasteiger partial charge is 0.508 e. The highest BCUT2D eigenvalue weighted by atomic mass is 16.5. The standard InChI is InChI=1S/C23H29N3O5/c1-15(2)20(26-22(29)16-8-10-19(31-3)11-9-16)23(30)25-13-5-12-24-21(28)17-6-4-7-18(27)14-17/h4,6-11,14-15,20,27H,5,12-13H2,1-3H3,(H,24,28)(H,25,30)(H,26,29). The van der Waals surface area contributed by atoms with Crippen molar-refractivity contribution in [2.75, 3.05) is 20.2 Å². The molecule has 0 saturated heterocycles. The lowest BCUT2D eigenvalue weighted by atomic mass is 10.0. The normalized spacial score (nSPS) is 11.5. The summed E-state index contributed by atoms with van der Waals surface area (Å²) >= 11 is 0. The van der Waals surface area contributed by atoms with Crippen LogP contribution in [0.3, 0.4) is 0 Å². The van der Waals surface area contributed by atoms with Crippen molar-refractivity contribution >= 4 is 17.7 Å². The van der Waals surface area contributed by atoms with E-state index < -0.39 is 6.04 Å². The minimum Gasteiger partial charge on any atom is -0.508 e. The number of carbonyl (C=O) groups excluding carboxylic acids is 3. The van der Waals surface area contributed by atoms with Gasteiger partial charge in [0.25, 0.3) is 11.8 Å². The van der Waals surface area contributed by atoms with E-state index >= 15 is 0 Å². The van der Waals surface area contributed by atoms with Crippen LogP contribution < -0.4 is 20.7 Å². The van der Waals surface area contributed by atoms with E-state index in [4.69, 9.17) is 4.74 Å². The molecule has 0 aliphatic heterocycles. The zero-order valence-electron chi connectivity index (χ0n) is 18.0. The number of ether oxygens (including phenoxy) is 1. The molecule has 8 heteroatoms. The molecule has 0 spiro atoms. The molecule has 166 valence electrons. The Balaban J connectivity index is 1.78. The number of phenolic OH excluding ortho intramolecular Hbond substituents is 1. The number of hydrogen-bond donors (Lipinski definition) is 4. The highest BCUT2D eigenvalue weighted by Crippen LogP contribution is 2.12. The first kappa shape index (κ1) is 23.7. The van der Waals surface area contributed by atoms with E-state index in [1.165, 1.54) is 12.1 Å². The fraction of sp³-hybridized carbons (Fsp3) is 0.348. The maximum Gasteiger partial charge on any atom is 0.251 e. The smallest absolute Gasteiger partial charge is 0.251 e. The Morgan fingerprint density at radius 2 is 1.61 bits per heavy atom. The second-order valence-corrected chi connectivity index (χ2v) is 7.37. The zero-order valence-corrected chi connectivity index (χ0v) is 18.0.